The Morgan fingerprint density at radius 1 is 0.862 bits per heavy atom. The summed E-state index contributed by atoms with van der Waals surface area (Å²) in [6, 6.07) is 12.1. The Balaban J connectivity index is 1.54. The van der Waals surface area contributed by atoms with Crippen molar-refractivity contribution in [2.24, 2.45) is 0 Å². The second kappa shape index (κ2) is 9.27. The summed E-state index contributed by atoms with van der Waals surface area (Å²) in [5, 5.41) is 0.648. The summed E-state index contributed by atoms with van der Waals surface area (Å²) in [6.07, 6.45) is 0.468. The van der Waals surface area contributed by atoms with E-state index < -0.39 is 11.7 Å². The van der Waals surface area contributed by atoms with Crippen LogP contribution in [0.25, 0.3) is 0 Å². The molecule has 0 aliphatic carbocycles. The number of aromatic nitrogens is 2. The van der Waals surface area contributed by atoms with Crippen LogP contribution in [0.15, 0.2) is 54.9 Å². The van der Waals surface area contributed by atoms with Crippen LogP contribution in [0.3, 0.4) is 0 Å². The highest BCUT2D eigenvalue weighted by Gasteiger charge is 2.30. The Kier molecular flexibility index (Phi) is 6.75. The third-order valence-electron chi connectivity index (χ3n) is 4.49. The van der Waals surface area contributed by atoms with Gasteiger partial charge in [0.1, 0.15) is 17.8 Å². The van der Waals surface area contributed by atoms with Crippen molar-refractivity contribution in [2.75, 3.05) is 0 Å². The van der Waals surface area contributed by atoms with E-state index in [0.29, 0.717) is 16.5 Å². The van der Waals surface area contributed by atoms with Crippen molar-refractivity contribution in [3.8, 4) is 11.5 Å². The normalized spacial score (nSPS) is 11.5. The van der Waals surface area contributed by atoms with E-state index in [4.69, 9.17) is 16.3 Å². The molecule has 0 radical (unpaired) electrons. The van der Waals surface area contributed by atoms with Gasteiger partial charge in [0.05, 0.1) is 22.0 Å². The van der Waals surface area contributed by atoms with Crippen LogP contribution in [0.4, 0.5) is 13.2 Å². The summed E-state index contributed by atoms with van der Waals surface area (Å²) in [5.74, 6) is 0.927. The molecule has 0 unspecified atom stereocenters. The van der Waals surface area contributed by atoms with Gasteiger partial charge < -0.3 is 4.74 Å². The van der Waals surface area contributed by atoms with Crippen LogP contribution in [0, 0.1) is 0 Å². The fourth-order valence-electron chi connectivity index (χ4n) is 2.90. The van der Waals surface area contributed by atoms with E-state index in [9.17, 15) is 13.2 Å². The van der Waals surface area contributed by atoms with Crippen molar-refractivity contribution in [1.29, 1.82) is 0 Å². The van der Waals surface area contributed by atoms with Gasteiger partial charge in [0, 0.05) is 0 Å². The van der Waals surface area contributed by atoms with E-state index in [0.717, 1.165) is 54.8 Å². The van der Waals surface area contributed by atoms with E-state index in [1.807, 2.05) is 19.1 Å². The summed E-state index contributed by atoms with van der Waals surface area (Å²) >= 11 is 6.32. The zero-order valence-electron chi connectivity index (χ0n) is 15.8. The summed E-state index contributed by atoms with van der Waals surface area (Å²) in [4.78, 5) is 8.44. The maximum absolute atomic E-state index is 12.6. The van der Waals surface area contributed by atoms with E-state index >= 15 is 0 Å². The van der Waals surface area contributed by atoms with Crippen LogP contribution < -0.4 is 4.74 Å². The zero-order valence-corrected chi connectivity index (χ0v) is 16.6. The lowest BCUT2D eigenvalue weighted by molar-refractivity contribution is -0.137. The van der Waals surface area contributed by atoms with Crippen LogP contribution in [0.5, 0.6) is 11.5 Å². The smallest absolute Gasteiger partial charge is 0.416 e. The number of hydrogen-bond donors (Lipinski definition) is 0. The number of benzene rings is 2. The van der Waals surface area contributed by atoms with E-state index in [1.165, 1.54) is 12.1 Å². The molecule has 0 aliphatic heterocycles. The number of hydrogen-bond acceptors (Lipinski definition) is 3. The Bertz CT molecular complexity index is 942. The van der Waals surface area contributed by atoms with E-state index in [2.05, 4.69) is 9.97 Å². The lowest BCUT2D eigenvalue weighted by Crippen LogP contribution is -2.03. The molecule has 29 heavy (non-hydrogen) atoms. The molecule has 2 aromatic carbocycles. The standard InChI is InChI=1S/C22H20ClF3N2O/c1-2-19-21(23)20(28-14-27-19)5-3-4-15-6-10-17(11-7-15)29-18-12-8-16(9-13-18)22(24,25)26/h6-14H,2-5H2,1H3. The zero-order chi connectivity index (χ0) is 20.9. The number of nitrogens with zero attached hydrogens (tertiary/aromatic N) is 2. The predicted octanol–water partition coefficient (Wildman–Crippen LogP) is 6.68. The van der Waals surface area contributed by atoms with Crippen molar-refractivity contribution in [3.63, 3.8) is 0 Å². The average Bonchev–Trinajstić information content (AvgIpc) is 2.70. The van der Waals surface area contributed by atoms with Crippen molar-refractivity contribution in [1.82, 2.24) is 9.97 Å². The Labute approximate surface area is 172 Å². The molecule has 3 aromatic rings. The Morgan fingerprint density at radius 2 is 1.45 bits per heavy atom. The average molecular weight is 421 g/mol. The van der Waals surface area contributed by atoms with Gasteiger partial charge in [-0.3, -0.25) is 0 Å². The maximum Gasteiger partial charge on any atom is 0.416 e. The maximum atomic E-state index is 12.6. The molecule has 1 aromatic heterocycles. The SMILES string of the molecule is CCc1ncnc(CCCc2ccc(Oc3ccc(C(F)(F)F)cc3)cc2)c1Cl. The molecular weight excluding hydrogens is 401 g/mol. The van der Waals surface area contributed by atoms with Gasteiger partial charge in [-0.15, -0.1) is 0 Å². The van der Waals surface area contributed by atoms with Crippen LogP contribution in [-0.2, 0) is 25.4 Å². The highest BCUT2D eigenvalue weighted by atomic mass is 35.5. The molecule has 3 rings (SSSR count). The third kappa shape index (κ3) is 5.70. The molecule has 1 heterocycles. The molecule has 0 spiro atoms. The predicted molar refractivity (Wildman–Crippen MR) is 106 cm³/mol. The molecule has 0 saturated heterocycles. The first kappa shape index (κ1) is 21.1. The minimum absolute atomic E-state index is 0.357. The number of rotatable bonds is 7. The highest BCUT2D eigenvalue weighted by molar-refractivity contribution is 6.31. The number of halogens is 4. The third-order valence-corrected chi connectivity index (χ3v) is 4.92. The van der Waals surface area contributed by atoms with Crippen LogP contribution in [0.2, 0.25) is 5.02 Å². The van der Waals surface area contributed by atoms with Gasteiger partial charge in [-0.25, -0.2) is 9.97 Å². The molecule has 0 atom stereocenters. The van der Waals surface area contributed by atoms with Crippen molar-refractivity contribution in [3.05, 3.63) is 82.4 Å². The van der Waals surface area contributed by atoms with Crippen LogP contribution in [0.1, 0.15) is 35.9 Å². The number of ether oxygens (including phenoxy) is 1. The Hall–Kier alpha value is -2.60. The molecule has 0 fully saturated rings. The van der Waals surface area contributed by atoms with E-state index in [-0.39, 0.29) is 0 Å². The summed E-state index contributed by atoms with van der Waals surface area (Å²) in [7, 11) is 0. The van der Waals surface area contributed by atoms with Gasteiger partial charge in [-0.05, 0) is 67.6 Å². The number of aryl methyl sites for hydroxylation is 3. The van der Waals surface area contributed by atoms with Gasteiger partial charge in [0.25, 0.3) is 0 Å². The summed E-state index contributed by atoms with van der Waals surface area (Å²) in [6.45, 7) is 2.01. The van der Waals surface area contributed by atoms with Gasteiger partial charge in [0.2, 0.25) is 0 Å². The molecule has 152 valence electrons. The van der Waals surface area contributed by atoms with Crippen molar-refractivity contribution >= 4 is 11.6 Å². The molecule has 0 amide bonds. The fourth-order valence-corrected chi connectivity index (χ4v) is 3.23. The van der Waals surface area contributed by atoms with Gasteiger partial charge in [0.15, 0.2) is 0 Å². The molecule has 3 nitrogen and oxygen atoms in total. The molecule has 7 heteroatoms. The first-order valence-electron chi connectivity index (χ1n) is 9.29. The quantitative estimate of drug-likeness (QED) is 0.427. The second-order valence-corrected chi connectivity index (χ2v) is 6.93. The fraction of sp³-hybridized carbons (Fsp3) is 0.273. The first-order valence-corrected chi connectivity index (χ1v) is 9.67. The topological polar surface area (TPSA) is 35.0 Å². The molecular formula is C22H20ClF3N2O. The summed E-state index contributed by atoms with van der Waals surface area (Å²) < 4.78 is 43.4. The minimum atomic E-state index is -4.35. The van der Waals surface area contributed by atoms with Crippen molar-refractivity contribution in [2.45, 2.75) is 38.8 Å². The molecule has 0 N–H and O–H groups in total. The monoisotopic (exact) mass is 420 g/mol. The highest BCUT2D eigenvalue weighted by Crippen LogP contribution is 2.31. The van der Waals surface area contributed by atoms with Gasteiger partial charge in [-0.2, -0.15) is 13.2 Å². The molecule has 0 saturated carbocycles. The van der Waals surface area contributed by atoms with Crippen LogP contribution in [-0.4, -0.2) is 9.97 Å². The molecule has 0 aliphatic rings. The second-order valence-electron chi connectivity index (χ2n) is 6.56. The molecule has 0 bridgehead atoms. The lowest BCUT2D eigenvalue weighted by Gasteiger charge is -2.10. The number of alkyl halides is 3. The lowest BCUT2D eigenvalue weighted by atomic mass is 10.1. The summed E-state index contributed by atoms with van der Waals surface area (Å²) in [5.41, 5.74) is 2.16. The van der Waals surface area contributed by atoms with E-state index in [1.54, 1.807) is 18.5 Å². The first-order chi connectivity index (χ1) is 13.9. The van der Waals surface area contributed by atoms with Gasteiger partial charge >= 0.3 is 6.18 Å². The van der Waals surface area contributed by atoms with Crippen molar-refractivity contribution < 1.29 is 17.9 Å². The minimum Gasteiger partial charge on any atom is -0.457 e. The van der Waals surface area contributed by atoms with Crippen LogP contribution >= 0.6 is 11.6 Å². The van der Waals surface area contributed by atoms with Gasteiger partial charge in [-0.1, -0.05) is 30.7 Å². The largest absolute Gasteiger partial charge is 0.457 e. The Morgan fingerprint density at radius 3 is 2.03 bits per heavy atom.